The maximum Gasteiger partial charge on any atom is 0.225 e. The molecule has 1 fully saturated rings. The third kappa shape index (κ3) is 2.02. The normalized spacial score (nSPS) is 23.8. The van der Waals surface area contributed by atoms with Gasteiger partial charge < -0.3 is 10.2 Å². The first-order valence-electron chi connectivity index (χ1n) is 6.66. The minimum Gasteiger partial charge on any atom is -0.341 e. The van der Waals surface area contributed by atoms with Crippen LogP contribution in [0, 0.1) is 0 Å². The van der Waals surface area contributed by atoms with Crippen LogP contribution in [0.4, 0.5) is 5.95 Å². The van der Waals surface area contributed by atoms with Crippen LogP contribution in [0.2, 0.25) is 0 Å². The molecule has 1 N–H and O–H groups in total. The molecular formula is C13H20N4. The first-order chi connectivity index (χ1) is 8.38. The van der Waals surface area contributed by atoms with Crippen LogP contribution >= 0.6 is 0 Å². The SMILES string of the molecule is CNC1CCCc2nc(N3CCCC3)ncc21. The average molecular weight is 232 g/mol. The Labute approximate surface area is 102 Å². The highest BCUT2D eigenvalue weighted by molar-refractivity contribution is 5.36. The van der Waals surface area contributed by atoms with Crippen molar-refractivity contribution in [3.05, 3.63) is 17.5 Å². The second kappa shape index (κ2) is 4.61. The van der Waals surface area contributed by atoms with Gasteiger partial charge in [0.25, 0.3) is 0 Å². The number of hydrogen-bond acceptors (Lipinski definition) is 4. The molecule has 4 nitrogen and oxygen atoms in total. The summed E-state index contributed by atoms with van der Waals surface area (Å²) in [5.74, 6) is 0.943. The van der Waals surface area contributed by atoms with Crippen molar-refractivity contribution in [2.45, 2.75) is 38.1 Å². The predicted molar refractivity (Wildman–Crippen MR) is 68.2 cm³/mol. The number of aryl methyl sites for hydroxylation is 1. The van der Waals surface area contributed by atoms with Gasteiger partial charge in [0.05, 0.1) is 5.69 Å². The Kier molecular flexibility index (Phi) is 2.97. The summed E-state index contributed by atoms with van der Waals surface area (Å²) in [7, 11) is 2.02. The second-order valence-electron chi connectivity index (χ2n) is 5.00. The molecule has 3 rings (SSSR count). The van der Waals surface area contributed by atoms with E-state index in [0.717, 1.165) is 25.5 Å². The molecule has 1 unspecified atom stereocenters. The van der Waals surface area contributed by atoms with E-state index in [4.69, 9.17) is 4.98 Å². The molecule has 0 saturated carbocycles. The van der Waals surface area contributed by atoms with E-state index in [0.29, 0.717) is 6.04 Å². The van der Waals surface area contributed by atoms with E-state index in [1.165, 1.54) is 36.9 Å². The molecular weight excluding hydrogens is 212 g/mol. The minimum absolute atomic E-state index is 0.450. The average Bonchev–Trinajstić information content (AvgIpc) is 2.91. The van der Waals surface area contributed by atoms with Crippen molar-refractivity contribution in [3.63, 3.8) is 0 Å². The lowest BCUT2D eigenvalue weighted by Gasteiger charge is -2.25. The van der Waals surface area contributed by atoms with E-state index < -0.39 is 0 Å². The Morgan fingerprint density at radius 2 is 2.12 bits per heavy atom. The summed E-state index contributed by atoms with van der Waals surface area (Å²) < 4.78 is 0. The number of anilines is 1. The fourth-order valence-electron chi connectivity index (χ4n) is 2.91. The molecule has 1 atom stereocenters. The van der Waals surface area contributed by atoms with Gasteiger partial charge in [-0.2, -0.15) is 0 Å². The first kappa shape index (κ1) is 11.0. The van der Waals surface area contributed by atoms with E-state index in [-0.39, 0.29) is 0 Å². The maximum atomic E-state index is 4.77. The van der Waals surface area contributed by atoms with Gasteiger partial charge in [-0.05, 0) is 39.2 Å². The highest BCUT2D eigenvalue weighted by atomic mass is 15.3. The molecule has 0 amide bonds. The molecule has 1 saturated heterocycles. The minimum atomic E-state index is 0.450. The highest BCUT2D eigenvalue weighted by Gasteiger charge is 2.22. The zero-order valence-corrected chi connectivity index (χ0v) is 10.4. The van der Waals surface area contributed by atoms with Gasteiger partial charge in [-0.25, -0.2) is 9.97 Å². The molecule has 1 aromatic heterocycles. The van der Waals surface area contributed by atoms with Crippen LogP contribution in [0.1, 0.15) is 43.0 Å². The molecule has 0 spiro atoms. The van der Waals surface area contributed by atoms with Crippen LogP contribution < -0.4 is 10.2 Å². The van der Waals surface area contributed by atoms with E-state index in [1.807, 2.05) is 13.2 Å². The third-order valence-electron chi connectivity index (χ3n) is 3.91. The maximum absolute atomic E-state index is 4.77. The monoisotopic (exact) mass is 232 g/mol. The standard InChI is InChI=1S/C13H20N4/c1-14-11-5-4-6-12-10(11)9-15-13(16-12)17-7-2-3-8-17/h9,11,14H,2-8H2,1H3. The van der Waals surface area contributed by atoms with Crippen molar-refractivity contribution < 1.29 is 0 Å². The summed E-state index contributed by atoms with van der Waals surface area (Å²) in [4.78, 5) is 11.6. The van der Waals surface area contributed by atoms with Crippen molar-refractivity contribution in [1.82, 2.24) is 15.3 Å². The van der Waals surface area contributed by atoms with E-state index in [1.54, 1.807) is 0 Å². The zero-order chi connectivity index (χ0) is 11.7. The van der Waals surface area contributed by atoms with Gasteiger partial charge in [-0.1, -0.05) is 0 Å². The smallest absolute Gasteiger partial charge is 0.225 e. The van der Waals surface area contributed by atoms with Gasteiger partial charge in [0, 0.05) is 30.9 Å². The molecule has 0 radical (unpaired) electrons. The van der Waals surface area contributed by atoms with Gasteiger partial charge in [0.15, 0.2) is 0 Å². The molecule has 92 valence electrons. The predicted octanol–water partition coefficient (Wildman–Crippen LogP) is 1.67. The second-order valence-corrected chi connectivity index (χ2v) is 5.00. The fourth-order valence-corrected chi connectivity index (χ4v) is 2.91. The number of hydrogen-bond donors (Lipinski definition) is 1. The van der Waals surface area contributed by atoms with Crippen molar-refractivity contribution in [2.75, 3.05) is 25.0 Å². The number of fused-ring (bicyclic) bond motifs is 1. The van der Waals surface area contributed by atoms with Crippen molar-refractivity contribution in [2.24, 2.45) is 0 Å². The molecule has 0 bridgehead atoms. The molecule has 17 heavy (non-hydrogen) atoms. The van der Waals surface area contributed by atoms with Crippen LogP contribution in [0.25, 0.3) is 0 Å². The number of nitrogens with one attached hydrogen (secondary N) is 1. The highest BCUT2D eigenvalue weighted by Crippen LogP contribution is 2.29. The fraction of sp³-hybridized carbons (Fsp3) is 0.692. The van der Waals surface area contributed by atoms with Crippen LogP contribution in [-0.2, 0) is 6.42 Å². The Hall–Kier alpha value is -1.16. The molecule has 2 heterocycles. The van der Waals surface area contributed by atoms with Crippen LogP contribution in [-0.4, -0.2) is 30.1 Å². The Bertz CT molecular complexity index is 398. The van der Waals surface area contributed by atoms with Gasteiger partial charge in [0.1, 0.15) is 0 Å². The van der Waals surface area contributed by atoms with Crippen molar-refractivity contribution in [1.29, 1.82) is 0 Å². The van der Waals surface area contributed by atoms with E-state index in [2.05, 4.69) is 15.2 Å². The molecule has 4 heteroatoms. The van der Waals surface area contributed by atoms with E-state index >= 15 is 0 Å². The van der Waals surface area contributed by atoms with Gasteiger partial charge in [-0.3, -0.25) is 0 Å². The number of rotatable bonds is 2. The molecule has 1 aliphatic heterocycles. The Morgan fingerprint density at radius 3 is 2.88 bits per heavy atom. The van der Waals surface area contributed by atoms with Crippen LogP contribution in [0.5, 0.6) is 0 Å². The lowest BCUT2D eigenvalue weighted by atomic mass is 9.92. The lowest BCUT2D eigenvalue weighted by molar-refractivity contribution is 0.487. The van der Waals surface area contributed by atoms with E-state index in [9.17, 15) is 0 Å². The molecule has 1 aliphatic carbocycles. The Balaban J connectivity index is 1.90. The molecule has 0 aromatic carbocycles. The topological polar surface area (TPSA) is 41.1 Å². The summed E-state index contributed by atoms with van der Waals surface area (Å²) in [5, 5.41) is 3.36. The summed E-state index contributed by atoms with van der Waals surface area (Å²) in [6, 6.07) is 0.450. The Morgan fingerprint density at radius 1 is 1.29 bits per heavy atom. The van der Waals surface area contributed by atoms with Crippen LogP contribution in [0.15, 0.2) is 6.20 Å². The van der Waals surface area contributed by atoms with Gasteiger partial charge in [-0.15, -0.1) is 0 Å². The molecule has 1 aromatic rings. The number of aromatic nitrogens is 2. The largest absolute Gasteiger partial charge is 0.341 e. The summed E-state index contributed by atoms with van der Waals surface area (Å²) in [6.45, 7) is 2.24. The quantitative estimate of drug-likeness (QED) is 0.842. The zero-order valence-electron chi connectivity index (χ0n) is 10.4. The van der Waals surface area contributed by atoms with Gasteiger partial charge in [0.2, 0.25) is 5.95 Å². The summed E-state index contributed by atoms with van der Waals surface area (Å²) in [6.07, 6.45) is 8.14. The number of nitrogens with zero attached hydrogens (tertiary/aromatic N) is 3. The molecule has 2 aliphatic rings. The lowest BCUT2D eigenvalue weighted by Crippen LogP contribution is -2.25. The summed E-state index contributed by atoms with van der Waals surface area (Å²) in [5.41, 5.74) is 2.56. The third-order valence-corrected chi connectivity index (χ3v) is 3.91. The van der Waals surface area contributed by atoms with Crippen LogP contribution in [0.3, 0.4) is 0 Å². The summed E-state index contributed by atoms with van der Waals surface area (Å²) >= 11 is 0. The van der Waals surface area contributed by atoms with Crippen molar-refractivity contribution in [3.8, 4) is 0 Å². The first-order valence-corrected chi connectivity index (χ1v) is 6.66. The van der Waals surface area contributed by atoms with Gasteiger partial charge >= 0.3 is 0 Å². The van der Waals surface area contributed by atoms with Crippen molar-refractivity contribution >= 4 is 5.95 Å².